The van der Waals surface area contributed by atoms with E-state index in [9.17, 15) is 0 Å². The van der Waals surface area contributed by atoms with E-state index in [1.165, 1.54) is 0 Å². The molecule has 0 radical (unpaired) electrons. The lowest BCUT2D eigenvalue weighted by Crippen LogP contribution is -2.31. The van der Waals surface area contributed by atoms with Crippen LogP contribution >= 0.6 is 11.9 Å². The summed E-state index contributed by atoms with van der Waals surface area (Å²) in [6.45, 7) is 3.17. The smallest absolute Gasteiger partial charge is 0.227 e. The Balaban J connectivity index is 2.43. The van der Waals surface area contributed by atoms with E-state index in [0.717, 1.165) is 5.56 Å². The van der Waals surface area contributed by atoms with E-state index in [2.05, 4.69) is 0 Å². The van der Waals surface area contributed by atoms with Crippen molar-refractivity contribution < 1.29 is 9.47 Å². The molecule has 0 aromatic heterocycles. The number of benzene rings is 1. The minimum atomic E-state index is -0.291. The lowest BCUT2D eigenvalue weighted by molar-refractivity contribution is -0.194. The highest BCUT2D eigenvalue weighted by molar-refractivity contribution is 7.96. The number of ether oxygens (including phenoxy) is 2. The molecular formula is C12H19NO2S. The molecule has 0 saturated carbocycles. The van der Waals surface area contributed by atoms with Gasteiger partial charge in [0.25, 0.3) is 0 Å². The standard InChI is InChI=1S/C12H19NO2S/c1-4-14-12(13(2)16-3)15-10-11-8-6-5-7-9-11/h5-9,12H,4,10H2,1-3H3. The Bertz CT molecular complexity index is 282. The van der Waals surface area contributed by atoms with Gasteiger partial charge in [-0.05, 0) is 18.7 Å². The molecule has 1 aromatic carbocycles. The number of nitrogens with zero attached hydrogens (tertiary/aromatic N) is 1. The fourth-order valence-corrected chi connectivity index (χ4v) is 1.52. The van der Waals surface area contributed by atoms with E-state index in [-0.39, 0.29) is 6.41 Å². The molecule has 4 heteroatoms. The highest BCUT2D eigenvalue weighted by atomic mass is 32.2. The first-order valence-electron chi connectivity index (χ1n) is 5.32. The van der Waals surface area contributed by atoms with Crippen LogP contribution in [0.15, 0.2) is 30.3 Å². The largest absolute Gasteiger partial charge is 0.339 e. The van der Waals surface area contributed by atoms with Gasteiger partial charge in [0.15, 0.2) is 0 Å². The molecule has 0 heterocycles. The van der Waals surface area contributed by atoms with Crippen LogP contribution in [0.1, 0.15) is 12.5 Å². The van der Waals surface area contributed by atoms with Gasteiger partial charge in [0.1, 0.15) is 0 Å². The van der Waals surface area contributed by atoms with Crippen LogP contribution in [-0.4, -0.2) is 30.6 Å². The molecule has 3 nitrogen and oxygen atoms in total. The van der Waals surface area contributed by atoms with Crippen molar-refractivity contribution >= 4 is 11.9 Å². The van der Waals surface area contributed by atoms with Gasteiger partial charge in [-0.25, -0.2) is 4.31 Å². The van der Waals surface area contributed by atoms with Crippen molar-refractivity contribution in [3.05, 3.63) is 35.9 Å². The maximum atomic E-state index is 5.70. The zero-order chi connectivity index (χ0) is 11.8. The van der Waals surface area contributed by atoms with Gasteiger partial charge in [-0.2, -0.15) is 0 Å². The lowest BCUT2D eigenvalue weighted by Gasteiger charge is -2.25. The molecule has 0 fully saturated rings. The monoisotopic (exact) mass is 241 g/mol. The van der Waals surface area contributed by atoms with Crippen LogP contribution in [0.4, 0.5) is 0 Å². The molecule has 90 valence electrons. The summed E-state index contributed by atoms with van der Waals surface area (Å²) in [5.41, 5.74) is 1.15. The number of rotatable bonds is 7. The third kappa shape index (κ3) is 4.53. The average molecular weight is 241 g/mol. The summed E-state index contributed by atoms with van der Waals surface area (Å²) in [5, 5.41) is 0. The van der Waals surface area contributed by atoms with Crippen molar-refractivity contribution in [2.24, 2.45) is 0 Å². The first-order chi connectivity index (χ1) is 7.77. The van der Waals surface area contributed by atoms with Crippen molar-refractivity contribution in [2.45, 2.75) is 19.9 Å². The van der Waals surface area contributed by atoms with Gasteiger partial charge in [0, 0.05) is 13.7 Å². The van der Waals surface area contributed by atoms with Crippen molar-refractivity contribution in [1.29, 1.82) is 0 Å². The Labute approximate surface area is 102 Å². The molecule has 0 aliphatic rings. The molecule has 0 saturated heterocycles. The minimum Gasteiger partial charge on any atom is -0.339 e. The van der Waals surface area contributed by atoms with E-state index >= 15 is 0 Å². The third-order valence-electron chi connectivity index (χ3n) is 2.13. The maximum Gasteiger partial charge on any atom is 0.227 e. The molecule has 0 N–H and O–H groups in total. The summed E-state index contributed by atoms with van der Waals surface area (Å²) >= 11 is 1.59. The molecule has 0 aliphatic heterocycles. The van der Waals surface area contributed by atoms with Gasteiger partial charge >= 0.3 is 0 Å². The summed E-state index contributed by atoms with van der Waals surface area (Å²) in [6.07, 6.45) is 1.71. The molecular weight excluding hydrogens is 222 g/mol. The van der Waals surface area contributed by atoms with E-state index in [0.29, 0.717) is 13.2 Å². The Morgan fingerprint density at radius 2 is 1.94 bits per heavy atom. The second kappa shape index (κ2) is 7.68. The van der Waals surface area contributed by atoms with Crippen molar-refractivity contribution in [1.82, 2.24) is 4.31 Å². The van der Waals surface area contributed by atoms with Gasteiger partial charge in [-0.3, -0.25) is 0 Å². The Morgan fingerprint density at radius 3 is 2.50 bits per heavy atom. The molecule has 1 unspecified atom stereocenters. The second-order valence-electron chi connectivity index (χ2n) is 3.29. The van der Waals surface area contributed by atoms with Crippen molar-refractivity contribution in [2.75, 3.05) is 19.9 Å². The molecule has 0 bridgehead atoms. The minimum absolute atomic E-state index is 0.291. The predicted octanol–water partition coefficient (Wildman–Crippen LogP) is 2.73. The molecule has 0 amide bonds. The first-order valence-corrected chi connectivity index (χ1v) is 6.50. The van der Waals surface area contributed by atoms with E-state index in [1.54, 1.807) is 11.9 Å². The first kappa shape index (κ1) is 13.5. The predicted molar refractivity (Wildman–Crippen MR) is 67.9 cm³/mol. The normalized spacial score (nSPS) is 13.0. The summed E-state index contributed by atoms with van der Waals surface area (Å²) in [6, 6.07) is 10.1. The molecule has 1 atom stereocenters. The van der Waals surface area contributed by atoms with Crippen molar-refractivity contribution in [3.8, 4) is 0 Å². The average Bonchev–Trinajstić information content (AvgIpc) is 2.34. The Hall–Kier alpha value is -0.550. The zero-order valence-corrected chi connectivity index (χ0v) is 10.9. The van der Waals surface area contributed by atoms with Crippen molar-refractivity contribution in [3.63, 3.8) is 0 Å². The van der Waals surface area contributed by atoms with Gasteiger partial charge < -0.3 is 9.47 Å². The SMILES string of the molecule is CCOC(OCc1ccccc1)N(C)SC. The third-order valence-corrected chi connectivity index (χ3v) is 2.88. The van der Waals surface area contributed by atoms with Gasteiger partial charge in [0.2, 0.25) is 6.41 Å². The van der Waals surface area contributed by atoms with Crippen LogP contribution in [0.2, 0.25) is 0 Å². The van der Waals surface area contributed by atoms with Crippen LogP contribution in [0, 0.1) is 0 Å². The second-order valence-corrected chi connectivity index (χ2v) is 4.23. The molecule has 1 aromatic rings. The van der Waals surface area contributed by atoms with Gasteiger partial charge in [-0.1, -0.05) is 42.3 Å². The number of hydrogen-bond acceptors (Lipinski definition) is 4. The van der Waals surface area contributed by atoms with Crippen LogP contribution in [0.3, 0.4) is 0 Å². The highest BCUT2D eigenvalue weighted by Crippen LogP contribution is 2.12. The Morgan fingerprint density at radius 1 is 1.25 bits per heavy atom. The quantitative estimate of drug-likeness (QED) is 0.540. The lowest BCUT2D eigenvalue weighted by atomic mass is 10.2. The van der Waals surface area contributed by atoms with Crippen LogP contribution in [0.5, 0.6) is 0 Å². The van der Waals surface area contributed by atoms with E-state index < -0.39 is 0 Å². The zero-order valence-electron chi connectivity index (χ0n) is 10.1. The summed E-state index contributed by atoms with van der Waals surface area (Å²) in [5.74, 6) is 0. The summed E-state index contributed by atoms with van der Waals surface area (Å²) < 4.78 is 13.2. The fraction of sp³-hybridized carbons (Fsp3) is 0.500. The fourth-order valence-electron chi connectivity index (χ4n) is 1.23. The topological polar surface area (TPSA) is 21.7 Å². The van der Waals surface area contributed by atoms with Crippen LogP contribution < -0.4 is 0 Å². The summed E-state index contributed by atoms with van der Waals surface area (Å²) in [7, 11) is 1.95. The molecule has 16 heavy (non-hydrogen) atoms. The van der Waals surface area contributed by atoms with E-state index in [1.807, 2.05) is 54.9 Å². The maximum absolute atomic E-state index is 5.70. The highest BCUT2D eigenvalue weighted by Gasteiger charge is 2.14. The Kier molecular flexibility index (Phi) is 6.49. The molecule has 0 spiro atoms. The number of hydrogen-bond donors (Lipinski definition) is 0. The molecule has 0 aliphatic carbocycles. The van der Waals surface area contributed by atoms with E-state index in [4.69, 9.17) is 9.47 Å². The van der Waals surface area contributed by atoms with Crippen LogP contribution in [0.25, 0.3) is 0 Å². The summed E-state index contributed by atoms with van der Waals surface area (Å²) in [4.78, 5) is 0. The molecule has 1 rings (SSSR count). The van der Waals surface area contributed by atoms with Crippen LogP contribution in [-0.2, 0) is 16.1 Å². The van der Waals surface area contributed by atoms with Gasteiger partial charge in [-0.15, -0.1) is 0 Å². The van der Waals surface area contributed by atoms with Gasteiger partial charge in [0.05, 0.1) is 6.61 Å².